The molecule has 1 N–H and O–H groups in total. The molecule has 2 rings (SSSR count). The van der Waals surface area contributed by atoms with Crippen LogP contribution in [0.15, 0.2) is 0 Å². The minimum Gasteiger partial charge on any atom is -0.387 e. The molecule has 2 heteroatoms. The zero-order valence-electron chi connectivity index (χ0n) is 10.7. The Morgan fingerprint density at radius 3 is 2.38 bits per heavy atom. The lowest BCUT2D eigenvalue weighted by molar-refractivity contribution is -0.157. The second-order valence-corrected chi connectivity index (χ2v) is 5.92. The van der Waals surface area contributed by atoms with E-state index in [1.54, 1.807) is 7.11 Å². The molecule has 0 radical (unpaired) electrons. The van der Waals surface area contributed by atoms with E-state index >= 15 is 0 Å². The molecule has 16 heavy (non-hydrogen) atoms. The fourth-order valence-electron chi connectivity index (χ4n) is 3.70. The first-order valence-electron chi connectivity index (χ1n) is 6.92. The van der Waals surface area contributed by atoms with E-state index in [-0.39, 0.29) is 6.10 Å². The normalized spacial score (nSPS) is 45.6. The van der Waals surface area contributed by atoms with E-state index in [1.807, 2.05) is 0 Å². The lowest BCUT2D eigenvalue weighted by Gasteiger charge is -2.46. The molecule has 0 aromatic rings. The van der Waals surface area contributed by atoms with E-state index in [1.165, 1.54) is 38.5 Å². The van der Waals surface area contributed by atoms with Crippen molar-refractivity contribution in [2.75, 3.05) is 7.11 Å². The van der Waals surface area contributed by atoms with Crippen LogP contribution in [0.25, 0.3) is 0 Å². The van der Waals surface area contributed by atoms with E-state index in [4.69, 9.17) is 4.74 Å². The van der Waals surface area contributed by atoms with Gasteiger partial charge in [-0.1, -0.05) is 32.6 Å². The number of methoxy groups -OCH3 is 1. The van der Waals surface area contributed by atoms with Gasteiger partial charge in [0.2, 0.25) is 0 Å². The number of hydrogen-bond acceptors (Lipinski definition) is 2. The number of hydrogen-bond donors (Lipinski definition) is 1. The predicted molar refractivity (Wildman–Crippen MR) is 65.3 cm³/mol. The predicted octanol–water partition coefficient (Wildman–Crippen LogP) is 3.13. The summed E-state index contributed by atoms with van der Waals surface area (Å²) in [5, 5.41) is 10.9. The van der Waals surface area contributed by atoms with Crippen molar-refractivity contribution < 1.29 is 9.84 Å². The van der Waals surface area contributed by atoms with Crippen LogP contribution in [0.3, 0.4) is 0 Å². The quantitative estimate of drug-likeness (QED) is 0.784. The first-order chi connectivity index (χ1) is 7.66. The Labute approximate surface area is 99.4 Å². The van der Waals surface area contributed by atoms with Gasteiger partial charge in [0.15, 0.2) is 0 Å². The SMILES string of the molecule is COC1CCCCC1(O)C1CCC(C)CC1. The van der Waals surface area contributed by atoms with Crippen molar-refractivity contribution in [1.29, 1.82) is 0 Å². The molecule has 0 aromatic heterocycles. The molecule has 0 amide bonds. The summed E-state index contributed by atoms with van der Waals surface area (Å²) < 4.78 is 5.54. The molecule has 0 spiro atoms. The summed E-state index contributed by atoms with van der Waals surface area (Å²) in [7, 11) is 1.76. The second-order valence-electron chi connectivity index (χ2n) is 5.92. The topological polar surface area (TPSA) is 29.5 Å². The van der Waals surface area contributed by atoms with Crippen molar-refractivity contribution in [3.63, 3.8) is 0 Å². The lowest BCUT2D eigenvalue weighted by Crippen LogP contribution is -2.52. The van der Waals surface area contributed by atoms with Crippen molar-refractivity contribution in [2.24, 2.45) is 11.8 Å². The van der Waals surface area contributed by atoms with Crippen molar-refractivity contribution in [3.05, 3.63) is 0 Å². The molecule has 2 atom stereocenters. The first kappa shape index (κ1) is 12.4. The van der Waals surface area contributed by atoms with Gasteiger partial charge in [0.25, 0.3) is 0 Å². The highest BCUT2D eigenvalue weighted by molar-refractivity contribution is 4.97. The molecule has 2 aliphatic rings. The van der Waals surface area contributed by atoms with Gasteiger partial charge >= 0.3 is 0 Å². The van der Waals surface area contributed by atoms with Crippen LogP contribution < -0.4 is 0 Å². The zero-order chi connectivity index (χ0) is 11.6. The highest BCUT2D eigenvalue weighted by Gasteiger charge is 2.46. The van der Waals surface area contributed by atoms with Gasteiger partial charge in [0.1, 0.15) is 0 Å². The monoisotopic (exact) mass is 226 g/mol. The summed E-state index contributed by atoms with van der Waals surface area (Å²) in [6.07, 6.45) is 9.40. The molecule has 2 fully saturated rings. The van der Waals surface area contributed by atoms with Gasteiger partial charge in [-0.3, -0.25) is 0 Å². The van der Waals surface area contributed by atoms with E-state index in [2.05, 4.69) is 6.92 Å². The van der Waals surface area contributed by atoms with Crippen LogP contribution >= 0.6 is 0 Å². The fourth-order valence-corrected chi connectivity index (χ4v) is 3.70. The number of rotatable bonds is 2. The van der Waals surface area contributed by atoms with Crippen LogP contribution in [0, 0.1) is 11.8 Å². The summed E-state index contributed by atoms with van der Waals surface area (Å²) in [4.78, 5) is 0. The highest BCUT2D eigenvalue weighted by Crippen LogP contribution is 2.43. The molecule has 0 aromatic carbocycles. The van der Waals surface area contributed by atoms with Gasteiger partial charge in [-0.05, 0) is 37.5 Å². The molecular formula is C14H26O2. The summed E-state index contributed by atoms with van der Waals surface area (Å²) in [6.45, 7) is 2.33. The van der Waals surface area contributed by atoms with E-state index in [0.29, 0.717) is 5.92 Å². The summed E-state index contributed by atoms with van der Waals surface area (Å²) in [6, 6.07) is 0. The fraction of sp³-hybridized carbons (Fsp3) is 1.00. The lowest BCUT2D eigenvalue weighted by atomic mass is 9.67. The molecule has 0 bridgehead atoms. The molecule has 2 saturated carbocycles. The van der Waals surface area contributed by atoms with Gasteiger partial charge in [-0.15, -0.1) is 0 Å². The van der Waals surface area contributed by atoms with Crippen molar-refractivity contribution >= 4 is 0 Å². The first-order valence-corrected chi connectivity index (χ1v) is 6.92. The maximum atomic E-state index is 10.9. The van der Waals surface area contributed by atoms with Crippen LogP contribution in [-0.4, -0.2) is 23.9 Å². The summed E-state index contributed by atoms with van der Waals surface area (Å²) in [5.74, 6) is 1.33. The standard InChI is InChI=1S/C14H26O2/c1-11-6-8-12(9-7-11)14(15)10-4-3-5-13(14)16-2/h11-13,15H,3-10H2,1-2H3. The molecule has 0 heterocycles. The van der Waals surface area contributed by atoms with Crippen molar-refractivity contribution in [3.8, 4) is 0 Å². The van der Waals surface area contributed by atoms with E-state index in [9.17, 15) is 5.11 Å². The minimum absolute atomic E-state index is 0.0830. The largest absolute Gasteiger partial charge is 0.387 e. The van der Waals surface area contributed by atoms with Crippen LogP contribution in [0.4, 0.5) is 0 Å². The Bertz CT molecular complexity index is 221. The zero-order valence-corrected chi connectivity index (χ0v) is 10.7. The highest BCUT2D eigenvalue weighted by atomic mass is 16.5. The number of aliphatic hydroxyl groups is 1. The summed E-state index contributed by atoms with van der Waals surface area (Å²) in [5.41, 5.74) is -0.521. The third-order valence-electron chi connectivity index (χ3n) is 4.86. The van der Waals surface area contributed by atoms with Crippen molar-refractivity contribution in [2.45, 2.75) is 70.0 Å². The van der Waals surface area contributed by atoms with Gasteiger partial charge in [-0.25, -0.2) is 0 Å². The third kappa shape index (κ3) is 2.28. The average Bonchev–Trinajstić information content (AvgIpc) is 2.30. The second kappa shape index (κ2) is 5.05. The average molecular weight is 226 g/mol. The van der Waals surface area contributed by atoms with E-state index < -0.39 is 5.60 Å². The molecule has 2 unspecified atom stereocenters. The molecule has 94 valence electrons. The minimum atomic E-state index is -0.521. The van der Waals surface area contributed by atoms with Gasteiger partial charge in [0.05, 0.1) is 11.7 Å². The summed E-state index contributed by atoms with van der Waals surface area (Å²) >= 11 is 0. The van der Waals surface area contributed by atoms with Gasteiger partial charge < -0.3 is 9.84 Å². The van der Waals surface area contributed by atoms with Gasteiger partial charge in [0, 0.05) is 7.11 Å². The Balaban J connectivity index is 2.03. The van der Waals surface area contributed by atoms with Crippen LogP contribution in [0.1, 0.15) is 58.3 Å². The Morgan fingerprint density at radius 2 is 1.75 bits per heavy atom. The third-order valence-corrected chi connectivity index (χ3v) is 4.86. The molecule has 0 saturated heterocycles. The Morgan fingerprint density at radius 1 is 1.06 bits per heavy atom. The number of ether oxygens (including phenoxy) is 1. The smallest absolute Gasteiger partial charge is 0.0935 e. The maximum absolute atomic E-state index is 10.9. The Kier molecular flexibility index (Phi) is 3.91. The van der Waals surface area contributed by atoms with Crippen molar-refractivity contribution in [1.82, 2.24) is 0 Å². The molecule has 0 aliphatic heterocycles. The van der Waals surface area contributed by atoms with Crippen LogP contribution in [0.5, 0.6) is 0 Å². The molecule has 2 nitrogen and oxygen atoms in total. The van der Waals surface area contributed by atoms with Gasteiger partial charge in [-0.2, -0.15) is 0 Å². The maximum Gasteiger partial charge on any atom is 0.0935 e. The molecular weight excluding hydrogens is 200 g/mol. The Hall–Kier alpha value is -0.0800. The van der Waals surface area contributed by atoms with E-state index in [0.717, 1.165) is 18.8 Å². The van der Waals surface area contributed by atoms with Crippen LogP contribution in [0.2, 0.25) is 0 Å². The van der Waals surface area contributed by atoms with Crippen LogP contribution in [-0.2, 0) is 4.74 Å². The molecule has 2 aliphatic carbocycles.